The fourth-order valence-corrected chi connectivity index (χ4v) is 0.581. The molecule has 0 unspecified atom stereocenters. The first kappa shape index (κ1) is 9.20. The molecule has 1 radical (unpaired) electrons. The van der Waals surface area contributed by atoms with E-state index in [0.29, 0.717) is 5.56 Å². The maximum atomic E-state index is 10.2. The summed E-state index contributed by atoms with van der Waals surface area (Å²) in [5.41, 5.74) is 0.331. The van der Waals surface area contributed by atoms with Gasteiger partial charge in [-0.15, -0.1) is 0 Å². The largest absolute Gasteiger partial charge is 0.478 e. The van der Waals surface area contributed by atoms with E-state index in [-0.39, 0.29) is 16.8 Å². The van der Waals surface area contributed by atoms with Crippen molar-refractivity contribution < 1.29 is 26.7 Å². The molecule has 0 bridgehead atoms. The summed E-state index contributed by atoms with van der Waals surface area (Å²) in [6, 6.07) is 8.30. The summed E-state index contributed by atoms with van der Waals surface area (Å²) >= 11 is 0. The van der Waals surface area contributed by atoms with Crippen LogP contribution in [0, 0.1) is 0 Å². The van der Waals surface area contributed by atoms with Crippen LogP contribution in [0.5, 0.6) is 0 Å². The monoisotopic (exact) mass is 181 g/mol. The van der Waals surface area contributed by atoms with E-state index in [1.54, 1.807) is 30.3 Å². The maximum absolute atomic E-state index is 10.2. The van der Waals surface area contributed by atoms with Crippen LogP contribution in [0.2, 0.25) is 0 Å². The second-order valence-corrected chi connectivity index (χ2v) is 1.67. The minimum atomic E-state index is -0.879. The molecule has 3 heteroatoms. The summed E-state index contributed by atoms with van der Waals surface area (Å²) in [5.74, 6) is -0.879. The predicted molar refractivity (Wildman–Crippen MR) is 33.4 cm³/mol. The Labute approximate surface area is 69.1 Å². The van der Waals surface area contributed by atoms with E-state index < -0.39 is 5.97 Å². The maximum Gasteiger partial charge on any atom is 0.335 e. The van der Waals surface area contributed by atoms with Crippen molar-refractivity contribution in [2.24, 2.45) is 0 Å². The first-order valence-electron chi connectivity index (χ1n) is 2.59. The Morgan fingerprint density at radius 1 is 1.20 bits per heavy atom. The van der Waals surface area contributed by atoms with E-state index in [4.69, 9.17) is 5.11 Å². The van der Waals surface area contributed by atoms with E-state index in [2.05, 4.69) is 0 Å². The van der Waals surface area contributed by atoms with E-state index in [1.165, 1.54) is 0 Å². The third-order valence-electron chi connectivity index (χ3n) is 1.02. The molecule has 10 heavy (non-hydrogen) atoms. The third-order valence-corrected chi connectivity index (χ3v) is 1.02. The third kappa shape index (κ3) is 2.20. The molecule has 0 aromatic heterocycles. The molecule has 0 atom stereocenters. The summed E-state index contributed by atoms with van der Waals surface area (Å²) in [7, 11) is 0. The Morgan fingerprint density at radius 2 is 1.70 bits per heavy atom. The molecule has 0 aliphatic rings. The molecule has 1 N–H and O–H groups in total. The van der Waals surface area contributed by atoms with Crippen molar-refractivity contribution in [3.63, 3.8) is 0 Å². The quantitative estimate of drug-likeness (QED) is 0.710. The molecular formula is C7H6CoO2. The van der Waals surface area contributed by atoms with Crippen molar-refractivity contribution >= 4 is 5.97 Å². The van der Waals surface area contributed by atoms with Gasteiger partial charge in [0.15, 0.2) is 0 Å². The van der Waals surface area contributed by atoms with E-state index >= 15 is 0 Å². The van der Waals surface area contributed by atoms with Gasteiger partial charge in [-0.3, -0.25) is 0 Å². The molecule has 0 aliphatic heterocycles. The first-order valence-corrected chi connectivity index (χ1v) is 2.59. The molecule has 1 aromatic rings. The number of carbonyl (C=O) groups is 1. The molecule has 1 aromatic carbocycles. The van der Waals surface area contributed by atoms with Gasteiger partial charge in [0, 0.05) is 16.8 Å². The van der Waals surface area contributed by atoms with Gasteiger partial charge >= 0.3 is 5.97 Å². The van der Waals surface area contributed by atoms with Crippen molar-refractivity contribution in [2.45, 2.75) is 0 Å². The fraction of sp³-hybridized carbons (Fsp3) is 0. The minimum absolute atomic E-state index is 0. The Kier molecular flexibility index (Phi) is 3.75. The predicted octanol–water partition coefficient (Wildman–Crippen LogP) is 1.38. The van der Waals surface area contributed by atoms with Crippen LogP contribution in [-0.4, -0.2) is 11.1 Å². The second kappa shape index (κ2) is 4.08. The van der Waals surface area contributed by atoms with Gasteiger partial charge in [-0.25, -0.2) is 4.79 Å². The van der Waals surface area contributed by atoms with Gasteiger partial charge in [-0.2, -0.15) is 0 Å². The topological polar surface area (TPSA) is 37.3 Å². The average Bonchev–Trinajstić information content (AvgIpc) is 1.90. The van der Waals surface area contributed by atoms with Gasteiger partial charge < -0.3 is 5.11 Å². The smallest absolute Gasteiger partial charge is 0.335 e. The van der Waals surface area contributed by atoms with Crippen molar-refractivity contribution in [3.05, 3.63) is 35.9 Å². The number of carboxylic acid groups (broad SMARTS) is 1. The summed E-state index contributed by atoms with van der Waals surface area (Å²) in [4.78, 5) is 10.2. The van der Waals surface area contributed by atoms with Gasteiger partial charge in [0.05, 0.1) is 5.56 Å². The zero-order valence-electron chi connectivity index (χ0n) is 5.08. The fourth-order valence-electron chi connectivity index (χ4n) is 0.581. The van der Waals surface area contributed by atoms with Crippen LogP contribution in [0.25, 0.3) is 0 Å². The Hall–Kier alpha value is -0.804. The van der Waals surface area contributed by atoms with E-state index in [9.17, 15) is 4.79 Å². The second-order valence-electron chi connectivity index (χ2n) is 1.67. The number of benzene rings is 1. The van der Waals surface area contributed by atoms with E-state index in [0.717, 1.165) is 0 Å². The van der Waals surface area contributed by atoms with Crippen molar-refractivity contribution in [1.82, 2.24) is 0 Å². The van der Waals surface area contributed by atoms with Crippen molar-refractivity contribution in [2.75, 3.05) is 0 Å². The van der Waals surface area contributed by atoms with Gasteiger partial charge in [0.1, 0.15) is 0 Å². The Balaban J connectivity index is 0.000000810. The summed E-state index contributed by atoms with van der Waals surface area (Å²) < 4.78 is 0. The molecule has 0 saturated heterocycles. The van der Waals surface area contributed by atoms with Crippen LogP contribution in [-0.2, 0) is 16.8 Å². The normalized spacial score (nSPS) is 8.00. The van der Waals surface area contributed by atoms with Gasteiger partial charge in [0.2, 0.25) is 0 Å². The molecule has 1 rings (SSSR count). The van der Waals surface area contributed by atoms with Crippen molar-refractivity contribution in [1.29, 1.82) is 0 Å². The number of aromatic carboxylic acids is 1. The Bertz CT molecular complexity index is 208. The zero-order chi connectivity index (χ0) is 6.69. The summed E-state index contributed by atoms with van der Waals surface area (Å²) in [6.07, 6.45) is 0. The van der Waals surface area contributed by atoms with Gasteiger partial charge in [0.25, 0.3) is 0 Å². The minimum Gasteiger partial charge on any atom is -0.478 e. The molecule has 2 nitrogen and oxygen atoms in total. The molecule has 0 fully saturated rings. The molecule has 0 saturated carbocycles. The SMILES string of the molecule is O=C(O)c1ccccc1.[Co]. The molecule has 55 valence electrons. The molecular weight excluding hydrogens is 175 g/mol. The van der Waals surface area contributed by atoms with Gasteiger partial charge in [-0.1, -0.05) is 18.2 Å². The molecule has 0 spiro atoms. The molecule has 0 amide bonds. The van der Waals surface area contributed by atoms with Crippen LogP contribution in [0.15, 0.2) is 30.3 Å². The van der Waals surface area contributed by atoms with Crippen LogP contribution < -0.4 is 0 Å². The van der Waals surface area contributed by atoms with Crippen LogP contribution in [0.1, 0.15) is 10.4 Å². The average molecular weight is 181 g/mol. The van der Waals surface area contributed by atoms with Crippen LogP contribution in [0.4, 0.5) is 0 Å². The summed E-state index contributed by atoms with van der Waals surface area (Å²) in [5, 5.41) is 8.38. The van der Waals surface area contributed by atoms with Gasteiger partial charge in [-0.05, 0) is 12.1 Å². The molecule has 0 heterocycles. The van der Waals surface area contributed by atoms with Crippen molar-refractivity contribution in [3.8, 4) is 0 Å². The van der Waals surface area contributed by atoms with Crippen LogP contribution >= 0.6 is 0 Å². The number of carboxylic acids is 1. The molecule has 0 aliphatic carbocycles. The van der Waals surface area contributed by atoms with Crippen LogP contribution in [0.3, 0.4) is 0 Å². The Morgan fingerprint density at radius 3 is 2.00 bits per heavy atom. The summed E-state index contributed by atoms with van der Waals surface area (Å²) in [6.45, 7) is 0. The number of hydrogen-bond donors (Lipinski definition) is 1. The number of rotatable bonds is 1. The standard InChI is InChI=1S/C7H6O2.Co/c8-7(9)6-4-2-1-3-5-6;/h1-5H,(H,8,9);. The number of hydrogen-bond acceptors (Lipinski definition) is 1. The first-order chi connectivity index (χ1) is 4.30. The van der Waals surface area contributed by atoms with E-state index in [1.807, 2.05) is 0 Å². The zero-order valence-corrected chi connectivity index (χ0v) is 6.12.